The second-order valence-corrected chi connectivity index (χ2v) is 7.33. The fraction of sp³-hybridized carbons (Fsp3) is 0.300. The Morgan fingerprint density at radius 2 is 2.10 bits per heavy atom. The van der Waals surface area contributed by atoms with Crippen LogP contribution >= 0.6 is 11.6 Å². The molecule has 29 heavy (non-hydrogen) atoms. The summed E-state index contributed by atoms with van der Waals surface area (Å²) in [6, 6.07) is 9.60. The Balaban J connectivity index is 1.30. The molecule has 1 aromatic carbocycles. The normalized spacial score (nSPS) is 15.4. The molecular weight excluding hydrogens is 397 g/mol. The highest BCUT2D eigenvalue weighted by atomic mass is 35.5. The fourth-order valence-corrected chi connectivity index (χ4v) is 3.50. The number of pyridine rings is 1. The Morgan fingerprint density at radius 1 is 1.28 bits per heavy atom. The van der Waals surface area contributed by atoms with Crippen LogP contribution in [0.25, 0.3) is 11.5 Å². The number of carbonyl (C=O) groups excluding carboxylic acids is 1. The average Bonchev–Trinajstić information content (AvgIpc) is 3.22. The molecular formula is C20H19ClFN5O2. The van der Waals surface area contributed by atoms with Gasteiger partial charge in [-0.05, 0) is 56.3 Å². The molecule has 0 bridgehead atoms. The number of benzene rings is 1. The molecule has 1 amide bonds. The molecule has 150 valence electrons. The number of nitrogens with zero attached hydrogens (tertiary/aromatic N) is 4. The van der Waals surface area contributed by atoms with Crippen molar-refractivity contribution in [2.45, 2.75) is 18.8 Å². The minimum Gasteiger partial charge on any atom is -0.339 e. The van der Waals surface area contributed by atoms with E-state index >= 15 is 0 Å². The lowest BCUT2D eigenvalue weighted by Crippen LogP contribution is -2.38. The first-order valence-electron chi connectivity index (χ1n) is 9.31. The number of hydrogen-bond donors (Lipinski definition) is 1. The standard InChI is InChI=1S/C20H19ClFN5O2/c21-14-4-5-15(22)17(11-14)24-18(28)12-27-9-6-13(7-10-27)20-25-19(26-29-20)16-3-1-2-8-23-16/h1-5,8,11,13H,6-7,9-10,12H2,(H,24,28). The van der Waals surface area contributed by atoms with Gasteiger partial charge in [-0.1, -0.05) is 22.8 Å². The zero-order valence-electron chi connectivity index (χ0n) is 15.5. The summed E-state index contributed by atoms with van der Waals surface area (Å²) < 4.78 is 19.2. The van der Waals surface area contributed by atoms with Gasteiger partial charge in [0.05, 0.1) is 12.2 Å². The number of carbonyl (C=O) groups is 1. The van der Waals surface area contributed by atoms with Gasteiger partial charge in [-0.25, -0.2) is 4.39 Å². The van der Waals surface area contributed by atoms with E-state index in [4.69, 9.17) is 16.1 Å². The zero-order chi connectivity index (χ0) is 20.2. The lowest BCUT2D eigenvalue weighted by atomic mass is 9.97. The van der Waals surface area contributed by atoms with E-state index in [9.17, 15) is 9.18 Å². The summed E-state index contributed by atoms with van der Waals surface area (Å²) in [6.45, 7) is 1.59. The molecule has 4 rings (SSSR count). The molecule has 0 atom stereocenters. The third kappa shape index (κ3) is 4.78. The van der Waals surface area contributed by atoms with E-state index in [0.29, 0.717) is 35.5 Å². The minimum atomic E-state index is -0.512. The summed E-state index contributed by atoms with van der Waals surface area (Å²) in [5, 5.41) is 6.96. The maximum atomic E-state index is 13.8. The molecule has 3 heterocycles. The maximum Gasteiger partial charge on any atom is 0.238 e. The molecule has 1 fully saturated rings. The van der Waals surface area contributed by atoms with Crippen molar-refractivity contribution in [1.29, 1.82) is 0 Å². The molecule has 1 aliphatic rings. The van der Waals surface area contributed by atoms with E-state index in [1.807, 2.05) is 23.1 Å². The van der Waals surface area contributed by atoms with E-state index < -0.39 is 5.82 Å². The molecule has 1 aliphatic heterocycles. The van der Waals surface area contributed by atoms with Crippen molar-refractivity contribution in [3.05, 3.63) is 59.3 Å². The number of piperidine rings is 1. The molecule has 0 radical (unpaired) electrons. The predicted octanol–water partition coefficient (Wildman–Crippen LogP) is 3.74. The van der Waals surface area contributed by atoms with Gasteiger partial charge in [0, 0.05) is 17.1 Å². The number of aromatic nitrogens is 3. The van der Waals surface area contributed by atoms with Crippen LogP contribution in [-0.2, 0) is 4.79 Å². The van der Waals surface area contributed by atoms with Crippen LogP contribution < -0.4 is 5.32 Å². The summed E-state index contributed by atoms with van der Waals surface area (Å²) in [4.78, 5) is 23.0. The van der Waals surface area contributed by atoms with Gasteiger partial charge in [0.25, 0.3) is 0 Å². The number of halogens is 2. The predicted molar refractivity (Wildman–Crippen MR) is 106 cm³/mol. The first-order valence-corrected chi connectivity index (χ1v) is 9.68. The number of nitrogens with one attached hydrogen (secondary N) is 1. The van der Waals surface area contributed by atoms with E-state index in [1.165, 1.54) is 18.2 Å². The van der Waals surface area contributed by atoms with Crippen molar-refractivity contribution < 1.29 is 13.7 Å². The molecule has 9 heteroatoms. The highest BCUT2D eigenvalue weighted by Gasteiger charge is 2.26. The molecule has 0 spiro atoms. The van der Waals surface area contributed by atoms with Crippen molar-refractivity contribution in [1.82, 2.24) is 20.0 Å². The average molecular weight is 416 g/mol. The highest BCUT2D eigenvalue weighted by molar-refractivity contribution is 6.30. The van der Waals surface area contributed by atoms with E-state index in [1.54, 1.807) is 6.20 Å². The smallest absolute Gasteiger partial charge is 0.238 e. The van der Waals surface area contributed by atoms with Crippen molar-refractivity contribution in [3.8, 4) is 11.5 Å². The van der Waals surface area contributed by atoms with Crippen LogP contribution in [0.1, 0.15) is 24.7 Å². The van der Waals surface area contributed by atoms with Gasteiger partial charge in [-0.15, -0.1) is 0 Å². The Morgan fingerprint density at radius 3 is 2.86 bits per heavy atom. The number of amides is 1. The first-order chi connectivity index (χ1) is 14.1. The van der Waals surface area contributed by atoms with Gasteiger partial charge in [-0.2, -0.15) is 4.98 Å². The summed E-state index contributed by atoms with van der Waals surface area (Å²) in [5.41, 5.74) is 0.759. The zero-order valence-corrected chi connectivity index (χ0v) is 16.3. The molecule has 0 saturated carbocycles. The largest absolute Gasteiger partial charge is 0.339 e. The third-order valence-electron chi connectivity index (χ3n) is 4.84. The van der Waals surface area contributed by atoms with Crippen LogP contribution in [-0.4, -0.2) is 45.6 Å². The van der Waals surface area contributed by atoms with E-state index in [-0.39, 0.29) is 24.1 Å². The van der Waals surface area contributed by atoms with E-state index in [2.05, 4.69) is 20.4 Å². The van der Waals surface area contributed by atoms with Gasteiger partial charge >= 0.3 is 0 Å². The van der Waals surface area contributed by atoms with E-state index in [0.717, 1.165) is 12.8 Å². The van der Waals surface area contributed by atoms with Crippen molar-refractivity contribution in [2.24, 2.45) is 0 Å². The molecule has 7 nitrogen and oxygen atoms in total. The van der Waals surface area contributed by atoms with Gasteiger partial charge in [0.15, 0.2) is 0 Å². The van der Waals surface area contributed by atoms with Gasteiger partial charge in [0.2, 0.25) is 17.6 Å². The van der Waals surface area contributed by atoms with Crippen LogP contribution in [0, 0.1) is 5.82 Å². The van der Waals surface area contributed by atoms with Crippen LogP contribution in [0.2, 0.25) is 5.02 Å². The number of likely N-dealkylation sites (tertiary alicyclic amines) is 1. The Bertz CT molecular complexity index is 990. The number of hydrogen-bond acceptors (Lipinski definition) is 6. The van der Waals surface area contributed by atoms with Crippen LogP contribution in [0.15, 0.2) is 47.1 Å². The summed E-state index contributed by atoms with van der Waals surface area (Å²) in [6.07, 6.45) is 3.27. The molecule has 1 N–H and O–H groups in total. The van der Waals surface area contributed by atoms with Gasteiger partial charge in [-0.3, -0.25) is 14.7 Å². The first kappa shape index (κ1) is 19.5. The van der Waals surface area contributed by atoms with Gasteiger partial charge in [0.1, 0.15) is 11.5 Å². The molecule has 3 aromatic rings. The van der Waals surface area contributed by atoms with Crippen LogP contribution in [0.3, 0.4) is 0 Å². The van der Waals surface area contributed by atoms with Crippen LogP contribution in [0.5, 0.6) is 0 Å². The third-order valence-corrected chi connectivity index (χ3v) is 5.08. The monoisotopic (exact) mass is 415 g/mol. The summed E-state index contributed by atoms with van der Waals surface area (Å²) >= 11 is 5.86. The lowest BCUT2D eigenvalue weighted by Gasteiger charge is -2.29. The second kappa shape index (κ2) is 8.67. The number of rotatable bonds is 5. The molecule has 1 saturated heterocycles. The minimum absolute atomic E-state index is 0.0882. The Hall–Kier alpha value is -2.84. The van der Waals surface area contributed by atoms with Crippen molar-refractivity contribution >= 4 is 23.2 Å². The number of anilines is 1. The lowest BCUT2D eigenvalue weighted by molar-refractivity contribution is -0.117. The fourth-order valence-electron chi connectivity index (χ4n) is 3.32. The SMILES string of the molecule is O=C(CN1CCC(c2nc(-c3ccccn3)no2)CC1)Nc1cc(Cl)ccc1F. The Labute approximate surface area is 171 Å². The topological polar surface area (TPSA) is 84.2 Å². The molecule has 2 aromatic heterocycles. The molecule has 0 unspecified atom stereocenters. The van der Waals surface area contributed by atoms with Crippen LogP contribution in [0.4, 0.5) is 10.1 Å². The van der Waals surface area contributed by atoms with Gasteiger partial charge < -0.3 is 9.84 Å². The van der Waals surface area contributed by atoms with Crippen molar-refractivity contribution in [3.63, 3.8) is 0 Å². The quantitative estimate of drug-likeness (QED) is 0.683. The molecule has 0 aliphatic carbocycles. The summed E-state index contributed by atoms with van der Waals surface area (Å²) in [5.74, 6) is 0.424. The maximum absolute atomic E-state index is 13.8. The summed E-state index contributed by atoms with van der Waals surface area (Å²) in [7, 11) is 0. The highest BCUT2D eigenvalue weighted by Crippen LogP contribution is 2.28. The second-order valence-electron chi connectivity index (χ2n) is 6.89. The Kier molecular flexibility index (Phi) is 5.82. The van der Waals surface area contributed by atoms with Crippen molar-refractivity contribution in [2.75, 3.05) is 25.0 Å².